The van der Waals surface area contributed by atoms with E-state index in [2.05, 4.69) is 17.1 Å². The van der Waals surface area contributed by atoms with Gasteiger partial charge in [-0.05, 0) is 57.8 Å². The first-order valence-electron chi connectivity index (χ1n) is 6.93. The van der Waals surface area contributed by atoms with Crippen molar-refractivity contribution in [2.75, 3.05) is 32.7 Å². The molecule has 1 amide bonds. The Morgan fingerprint density at radius 2 is 2.29 bits per heavy atom. The van der Waals surface area contributed by atoms with E-state index in [4.69, 9.17) is 5.73 Å². The molecule has 1 aliphatic heterocycles. The molecule has 0 radical (unpaired) electrons. The first-order chi connectivity index (χ1) is 8.22. The third-order valence-corrected chi connectivity index (χ3v) is 3.46. The predicted molar refractivity (Wildman–Crippen MR) is 70.8 cm³/mol. The normalized spacial score (nSPS) is 20.7. The fourth-order valence-corrected chi connectivity index (χ4v) is 2.41. The van der Waals surface area contributed by atoms with Crippen LogP contribution in [-0.2, 0) is 4.79 Å². The summed E-state index contributed by atoms with van der Waals surface area (Å²) < 4.78 is 0. The van der Waals surface area contributed by atoms with Crippen LogP contribution >= 0.6 is 0 Å². The van der Waals surface area contributed by atoms with Crippen LogP contribution in [0.5, 0.6) is 0 Å². The largest absolute Gasteiger partial charge is 0.369 e. The van der Waals surface area contributed by atoms with Crippen LogP contribution in [0.2, 0.25) is 0 Å². The number of nitrogens with zero attached hydrogens (tertiary/aromatic N) is 1. The van der Waals surface area contributed by atoms with E-state index in [1.165, 1.54) is 25.7 Å². The number of carbonyl (C=O) groups excluding carboxylic acids is 1. The number of rotatable bonds is 8. The molecule has 0 spiro atoms. The molecular formula is C13H27N3O. The van der Waals surface area contributed by atoms with Crippen molar-refractivity contribution in [3.05, 3.63) is 0 Å². The molecule has 0 aromatic heterocycles. The Balaban J connectivity index is 2.23. The summed E-state index contributed by atoms with van der Waals surface area (Å²) in [5.74, 6) is 0.573. The standard InChI is InChI=1S/C13H27N3O/c1-2-3-8-16(11-13(14)17)9-6-12-5-4-7-15-10-12/h12,15H,2-11H2,1H3,(H2,14,17). The molecule has 0 saturated carbocycles. The highest BCUT2D eigenvalue weighted by molar-refractivity contribution is 5.75. The Hall–Kier alpha value is -0.610. The molecule has 4 nitrogen and oxygen atoms in total. The lowest BCUT2D eigenvalue weighted by atomic mass is 9.96. The zero-order valence-corrected chi connectivity index (χ0v) is 11.1. The van der Waals surface area contributed by atoms with Gasteiger partial charge in [0.1, 0.15) is 0 Å². The molecule has 0 aromatic carbocycles. The van der Waals surface area contributed by atoms with Gasteiger partial charge in [-0.2, -0.15) is 0 Å². The molecule has 0 aromatic rings. The van der Waals surface area contributed by atoms with Crippen LogP contribution in [0.25, 0.3) is 0 Å². The lowest BCUT2D eigenvalue weighted by molar-refractivity contribution is -0.119. The maximum atomic E-state index is 11.0. The van der Waals surface area contributed by atoms with Gasteiger partial charge < -0.3 is 11.1 Å². The highest BCUT2D eigenvalue weighted by atomic mass is 16.1. The van der Waals surface area contributed by atoms with Gasteiger partial charge in [0, 0.05) is 0 Å². The van der Waals surface area contributed by atoms with E-state index in [0.717, 1.165) is 38.5 Å². The van der Waals surface area contributed by atoms with Crippen LogP contribution < -0.4 is 11.1 Å². The number of amides is 1. The summed E-state index contributed by atoms with van der Waals surface area (Å²) in [7, 11) is 0. The number of piperidine rings is 1. The van der Waals surface area contributed by atoms with Crippen LogP contribution in [0.15, 0.2) is 0 Å². The van der Waals surface area contributed by atoms with Gasteiger partial charge >= 0.3 is 0 Å². The molecule has 1 rings (SSSR count). The fourth-order valence-electron chi connectivity index (χ4n) is 2.41. The Kier molecular flexibility index (Phi) is 7.21. The molecule has 1 fully saturated rings. The van der Waals surface area contributed by atoms with Gasteiger partial charge in [-0.3, -0.25) is 9.69 Å². The van der Waals surface area contributed by atoms with Gasteiger partial charge in [-0.15, -0.1) is 0 Å². The predicted octanol–water partition coefficient (Wildman–Crippen LogP) is 0.964. The number of primary amides is 1. The molecular weight excluding hydrogens is 214 g/mol. The molecule has 17 heavy (non-hydrogen) atoms. The minimum Gasteiger partial charge on any atom is -0.369 e. The Morgan fingerprint density at radius 3 is 2.88 bits per heavy atom. The number of hydrogen-bond acceptors (Lipinski definition) is 3. The zero-order chi connectivity index (χ0) is 12.5. The van der Waals surface area contributed by atoms with Crippen LogP contribution in [0.3, 0.4) is 0 Å². The van der Waals surface area contributed by atoms with Crippen LogP contribution in [0, 0.1) is 5.92 Å². The van der Waals surface area contributed by atoms with E-state index in [9.17, 15) is 4.79 Å². The lowest BCUT2D eigenvalue weighted by Gasteiger charge is -2.26. The minimum atomic E-state index is -0.206. The monoisotopic (exact) mass is 241 g/mol. The third kappa shape index (κ3) is 6.64. The first-order valence-corrected chi connectivity index (χ1v) is 6.93. The van der Waals surface area contributed by atoms with Gasteiger partial charge in [-0.25, -0.2) is 0 Å². The van der Waals surface area contributed by atoms with Gasteiger partial charge in [-0.1, -0.05) is 13.3 Å². The molecule has 4 heteroatoms. The zero-order valence-electron chi connectivity index (χ0n) is 11.1. The van der Waals surface area contributed by atoms with Crippen molar-refractivity contribution < 1.29 is 4.79 Å². The van der Waals surface area contributed by atoms with E-state index in [0.29, 0.717) is 6.54 Å². The Bertz CT molecular complexity index is 215. The second-order valence-electron chi connectivity index (χ2n) is 5.10. The number of hydrogen-bond donors (Lipinski definition) is 2. The van der Waals surface area contributed by atoms with Crippen molar-refractivity contribution in [2.45, 2.75) is 39.0 Å². The fraction of sp³-hybridized carbons (Fsp3) is 0.923. The maximum Gasteiger partial charge on any atom is 0.231 e. The highest BCUT2D eigenvalue weighted by Crippen LogP contribution is 2.14. The summed E-state index contributed by atoms with van der Waals surface area (Å²) in [4.78, 5) is 13.2. The average Bonchev–Trinajstić information content (AvgIpc) is 2.33. The van der Waals surface area contributed by atoms with Gasteiger partial charge in [0.05, 0.1) is 6.54 Å². The lowest BCUT2D eigenvalue weighted by Crippen LogP contribution is -2.37. The molecule has 0 aliphatic carbocycles. The van der Waals surface area contributed by atoms with Crippen molar-refractivity contribution in [1.29, 1.82) is 0 Å². The number of carbonyl (C=O) groups is 1. The number of nitrogens with one attached hydrogen (secondary N) is 1. The molecule has 100 valence electrons. The topological polar surface area (TPSA) is 58.4 Å². The molecule has 1 atom stereocenters. The maximum absolute atomic E-state index is 11.0. The van der Waals surface area contributed by atoms with Crippen molar-refractivity contribution in [3.8, 4) is 0 Å². The van der Waals surface area contributed by atoms with Crippen LogP contribution in [0.1, 0.15) is 39.0 Å². The van der Waals surface area contributed by atoms with E-state index >= 15 is 0 Å². The third-order valence-electron chi connectivity index (χ3n) is 3.46. The van der Waals surface area contributed by atoms with E-state index < -0.39 is 0 Å². The van der Waals surface area contributed by atoms with E-state index in [1.807, 2.05) is 0 Å². The second kappa shape index (κ2) is 8.48. The first kappa shape index (κ1) is 14.5. The van der Waals surface area contributed by atoms with Gasteiger partial charge in [0.2, 0.25) is 5.91 Å². The summed E-state index contributed by atoms with van der Waals surface area (Å²) in [6.45, 7) is 6.90. The summed E-state index contributed by atoms with van der Waals surface area (Å²) in [5.41, 5.74) is 5.28. The molecule has 1 aliphatic rings. The van der Waals surface area contributed by atoms with Crippen LogP contribution in [-0.4, -0.2) is 43.5 Å². The molecule has 1 saturated heterocycles. The summed E-state index contributed by atoms with van der Waals surface area (Å²) in [6, 6.07) is 0. The molecule has 1 unspecified atom stereocenters. The SMILES string of the molecule is CCCCN(CCC1CCCNC1)CC(N)=O. The second-order valence-corrected chi connectivity index (χ2v) is 5.10. The summed E-state index contributed by atoms with van der Waals surface area (Å²) >= 11 is 0. The minimum absolute atomic E-state index is 0.206. The van der Waals surface area contributed by atoms with Crippen molar-refractivity contribution >= 4 is 5.91 Å². The molecule has 0 bridgehead atoms. The highest BCUT2D eigenvalue weighted by Gasteiger charge is 2.15. The van der Waals surface area contributed by atoms with Gasteiger partial charge in [0.25, 0.3) is 0 Å². The average molecular weight is 241 g/mol. The summed E-state index contributed by atoms with van der Waals surface area (Å²) in [6.07, 6.45) is 6.11. The van der Waals surface area contributed by atoms with Gasteiger partial charge in [0.15, 0.2) is 0 Å². The molecule has 1 heterocycles. The summed E-state index contributed by atoms with van der Waals surface area (Å²) in [5, 5.41) is 3.43. The van der Waals surface area contributed by atoms with Crippen molar-refractivity contribution in [2.24, 2.45) is 11.7 Å². The van der Waals surface area contributed by atoms with Crippen LogP contribution in [0.4, 0.5) is 0 Å². The van der Waals surface area contributed by atoms with Crippen molar-refractivity contribution in [3.63, 3.8) is 0 Å². The number of nitrogens with two attached hydrogens (primary N) is 1. The van der Waals surface area contributed by atoms with E-state index in [-0.39, 0.29) is 5.91 Å². The van der Waals surface area contributed by atoms with Crippen molar-refractivity contribution in [1.82, 2.24) is 10.2 Å². The quantitative estimate of drug-likeness (QED) is 0.665. The Morgan fingerprint density at radius 1 is 1.47 bits per heavy atom. The Labute approximate surface area is 105 Å². The smallest absolute Gasteiger partial charge is 0.231 e. The molecule has 3 N–H and O–H groups in total. The number of unbranched alkanes of at least 4 members (excludes halogenated alkanes) is 1. The van der Waals surface area contributed by atoms with E-state index in [1.54, 1.807) is 0 Å².